The number of hydrogen-bond acceptors (Lipinski definition) is 4. The van der Waals surface area contributed by atoms with Crippen molar-refractivity contribution in [3.8, 4) is 0 Å². The van der Waals surface area contributed by atoms with Gasteiger partial charge < -0.3 is 15.5 Å². The number of benzene rings is 1. The Balaban J connectivity index is 2.23. The van der Waals surface area contributed by atoms with Gasteiger partial charge in [-0.25, -0.2) is 0 Å². The van der Waals surface area contributed by atoms with Crippen molar-refractivity contribution in [3.63, 3.8) is 0 Å². The fourth-order valence-electron chi connectivity index (χ4n) is 2.79. The third-order valence-corrected chi connectivity index (χ3v) is 4.39. The molecule has 0 saturated carbocycles. The Bertz CT molecular complexity index is 504. The zero-order valence-electron chi connectivity index (χ0n) is 13.9. The molecule has 1 unspecified atom stereocenters. The fraction of sp³-hybridized carbons (Fsp3) is 0.588. The van der Waals surface area contributed by atoms with Crippen LogP contribution in [0.2, 0.25) is 0 Å². The van der Waals surface area contributed by atoms with Gasteiger partial charge in [-0.05, 0) is 38.1 Å². The second-order valence-corrected chi connectivity index (χ2v) is 6.68. The van der Waals surface area contributed by atoms with Gasteiger partial charge in [0.25, 0.3) is 0 Å². The van der Waals surface area contributed by atoms with Crippen molar-refractivity contribution < 1.29 is 0 Å². The Morgan fingerprint density at radius 2 is 1.90 bits per heavy atom. The van der Waals surface area contributed by atoms with Crippen LogP contribution in [0.1, 0.15) is 37.8 Å². The van der Waals surface area contributed by atoms with Gasteiger partial charge in [0.1, 0.15) is 0 Å². The average molecular weight is 288 g/mol. The van der Waals surface area contributed by atoms with E-state index in [0.29, 0.717) is 11.9 Å². The fourth-order valence-corrected chi connectivity index (χ4v) is 2.79. The van der Waals surface area contributed by atoms with Crippen molar-refractivity contribution in [1.29, 1.82) is 0 Å². The van der Waals surface area contributed by atoms with Crippen LogP contribution in [0.25, 0.3) is 0 Å². The summed E-state index contributed by atoms with van der Waals surface area (Å²) < 4.78 is 0. The smallest absolute Gasteiger partial charge is 0.192 e. The first-order valence-electron chi connectivity index (χ1n) is 7.67. The summed E-state index contributed by atoms with van der Waals surface area (Å²) >= 11 is 0. The first-order valence-corrected chi connectivity index (χ1v) is 7.67. The summed E-state index contributed by atoms with van der Waals surface area (Å²) in [5.74, 6) is 1.22. The summed E-state index contributed by atoms with van der Waals surface area (Å²) in [5, 5.41) is 0. The van der Waals surface area contributed by atoms with Crippen molar-refractivity contribution in [2.24, 2.45) is 10.7 Å². The van der Waals surface area contributed by atoms with E-state index in [2.05, 4.69) is 73.9 Å². The highest BCUT2D eigenvalue weighted by Gasteiger charge is 2.39. The van der Waals surface area contributed by atoms with Gasteiger partial charge in [0.05, 0.1) is 12.1 Å². The predicted octanol–water partition coefficient (Wildman–Crippen LogP) is 2.22. The molecular formula is C17H28N4. The van der Waals surface area contributed by atoms with Crippen molar-refractivity contribution in [2.75, 3.05) is 33.7 Å². The minimum atomic E-state index is -0.129. The molecule has 0 aliphatic carbocycles. The Labute approximate surface area is 128 Å². The summed E-state index contributed by atoms with van der Waals surface area (Å²) in [6.45, 7) is 9.26. The van der Waals surface area contributed by atoms with E-state index in [1.165, 1.54) is 11.1 Å². The molecule has 0 amide bonds. The van der Waals surface area contributed by atoms with Crippen LogP contribution in [-0.2, 0) is 5.54 Å². The van der Waals surface area contributed by atoms with E-state index < -0.39 is 0 Å². The molecule has 21 heavy (non-hydrogen) atoms. The standard InChI is InChI=1S/C17H28N4/c1-13(2)14-6-8-15(9-7-14)17(3)12-19-16(18)21(17)11-10-20(4)5/h6-9,13H,10-12H2,1-5H3,(H2,18,19). The molecule has 116 valence electrons. The zero-order valence-corrected chi connectivity index (χ0v) is 13.9. The van der Waals surface area contributed by atoms with E-state index in [1.807, 2.05) is 0 Å². The van der Waals surface area contributed by atoms with Gasteiger partial charge in [-0.1, -0.05) is 38.1 Å². The number of rotatable bonds is 5. The Kier molecular flexibility index (Phi) is 4.57. The highest BCUT2D eigenvalue weighted by atomic mass is 15.4. The van der Waals surface area contributed by atoms with Crippen LogP contribution in [0.15, 0.2) is 29.3 Å². The lowest BCUT2D eigenvalue weighted by Crippen LogP contribution is -2.49. The van der Waals surface area contributed by atoms with Crippen molar-refractivity contribution in [2.45, 2.75) is 32.2 Å². The van der Waals surface area contributed by atoms with Crippen LogP contribution in [0.5, 0.6) is 0 Å². The maximum atomic E-state index is 6.11. The molecule has 1 aromatic rings. The van der Waals surface area contributed by atoms with Crippen LogP contribution in [0.4, 0.5) is 0 Å². The predicted molar refractivity (Wildman–Crippen MR) is 89.6 cm³/mol. The third-order valence-electron chi connectivity index (χ3n) is 4.39. The molecule has 0 spiro atoms. The van der Waals surface area contributed by atoms with Crippen LogP contribution in [0.3, 0.4) is 0 Å². The molecular weight excluding hydrogens is 260 g/mol. The molecule has 1 aromatic carbocycles. The van der Waals surface area contributed by atoms with E-state index in [-0.39, 0.29) is 5.54 Å². The van der Waals surface area contributed by atoms with Crippen molar-refractivity contribution >= 4 is 5.96 Å². The third kappa shape index (κ3) is 3.21. The van der Waals surface area contributed by atoms with E-state index >= 15 is 0 Å². The van der Waals surface area contributed by atoms with Gasteiger partial charge in [-0.2, -0.15) is 0 Å². The van der Waals surface area contributed by atoms with Gasteiger partial charge in [0, 0.05) is 13.1 Å². The molecule has 4 heteroatoms. The largest absolute Gasteiger partial charge is 0.370 e. The topological polar surface area (TPSA) is 44.9 Å². The highest BCUT2D eigenvalue weighted by molar-refractivity contribution is 5.81. The van der Waals surface area contributed by atoms with Gasteiger partial charge in [0.15, 0.2) is 5.96 Å². The Morgan fingerprint density at radius 3 is 2.43 bits per heavy atom. The van der Waals surface area contributed by atoms with E-state index in [4.69, 9.17) is 5.73 Å². The average Bonchev–Trinajstić information content (AvgIpc) is 2.73. The van der Waals surface area contributed by atoms with Gasteiger partial charge in [-0.15, -0.1) is 0 Å². The first kappa shape index (κ1) is 15.8. The molecule has 1 aliphatic rings. The molecule has 0 aromatic heterocycles. The summed E-state index contributed by atoms with van der Waals surface area (Å²) in [6.07, 6.45) is 0. The lowest BCUT2D eigenvalue weighted by molar-refractivity contribution is 0.205. The molecule has 2 N–H and O–H groups in total. The van der Waals surface area contributed by atoms with Crippen molar-refractivity contribution in [3.05, 3.63) is 35.4 Å². The lowest BCUT2D eigenvalue weighted by atomic mass is 9.89. The highest BCUT2D eigenvalue weighted by Crippen LogP contribution is 2.33. The zero-order chi connectivity index (χ0) is 15.6. The van der Waals surface area contributed by atoms with E-state index in [1.54, 1.807) is 0 Å². The quantitative estimate of drug-likeness (QED) is 0.903. The van der Waals surface area contributed by atoms with Crippen LogP contribution in [-0.4, -0.2) is 49.5 Å². The summed E-state index contributed by atoms with van der Waals surface area (Å²) in [5.41, 5.74) is 8.64. The normalized spacial score (nSPS) is 22.2. The van der Waals surface area contributed by atoms with Gasteiger partial charge >= 0.3 is 0 Å². The Hall–Kier alpha value is -1.55. The number of likely N-dealkylation sites (N-methyl/N-ethyl adjacent to an activating group) is 1. The SMILES string of the molecule is CC(C)c1ccc(C2(C)CN=C(N)N2CCN(C)C)cc1. The minimum absolute atomic E-state index is 0.129. The number of hydrogen-bond donors (Lipinski definition) is 1. The number of nitrogens with zero attached hydrogens (tertiary/aromatic N) is 3. The summed E-state index contributed by atoms with van der Waals surface area (Å²) in [4.78, 5) is 8.89. The lowest BCUT2D eigenvalue weighted by Gasteiger charge is -2.37. The number of nitrogens with two attached hydrogens (primary N) is 1. The second-order valence-electron chi connectivity index (χ2n) is 6.68. The Morgan fingerprint density at radius 1 is 1.29 bits per heavy atom. The van der Waals surface area contributed by atoms with Gasteiger partial charge in [-0.3, -0.25) is 4.99 Å². The minimum Gasteiger partial charge on any atom is -0.370 e. The maximum absolute atomic E-state index is 6.11. The molecule has 1 atom stereocenters. The summed E-state index contributed by atoms with van der Waals surface area (Å²) in [7, 11) is 4.16. The van der Waals surface area contributed by atoms with E-state index in [9.17, 15) is 0 Å². The van der Waals surface area contributed by atoms with Gasteiger partial charge in [0.2, 0.25) is 0 Å². The van der Waals surface area contributed by atoms with Crippen LogP contribution < -0.4 is 5.73 Å². The summed E-state index contributed by atoms with van der Waals surface area (Å²) in [6, 6.07) is 8.91. The molecule has 2 rings (SSSR count). The number of aliphatic imine (C=N–C) groups is 1. The maximum Gasteiger partial charge on any atom is 0.192 e. The molecule has 0 saturated heterocycles. The second kappa shape index (κ2) is 6.06. The van der Waals surface area contributed by atoms with Crippen LogP contribution >= 0.6 is 0 Å². The monoisotopic (exact) mass is 288 g/mol. The molecule has 1 aliphatic heterocycles. The van der Waals surface area contributed by atoms with Crippen LogP contribution in [0, 0.1) is 0 Å². The van der Waals surface area contributed by atoms with Crippen molar-refractivity contribution in [1.82, 2.24) is 9.80 Å². The first-order chi connectivity index (χ1) is 9.84. The molecule has 0 radical (unpaired) electrons. The molecule has 0 fully saturated rings. The number of guanidine groups is 1. The van der Waals surface area contributed by atoms with E-state index in [0.717, 1.165) is 19.6 Å². The molecule has 0 bridgehead atoms. The molecule has 4 nitrogen and oxygen atoms in total. The molecule has 1 heterocycles.